The number of carbonyl (C=O) groups excluding carboxylic acids is 1. The summed E-state index contributed by atoms with van der Waals surface area (Å²) in [6, 6.07) is 10.6. The van der Waals surface area contributed by atoms with Crippen molar-refractivity contribution in [3.8, 4) is 17.2 Å². The molecule has 1 heterocycles. The second kappa shape index (κ2) is 9.91. The number of nitrogens with one attached hydrogen (secondary N) is 1. The van der Waals surface area contributed by atoms with Crippen LogP contribution in [0, 0.1) is 13.8 Å². The topological polar surface area (TPSA) is 94.2 Å². The summed E-state index contributed by atoms with van der Waals surface area (Å²) in [5.74, 6) is 1.18. The number of benzene rings is 2. The summed E-state index contributed by atoms with van der Waals surface area (Å²) in [5.41, 5.74) is 2.66. The third-order valence-electron chi connectivity index (χ3n) is 4.97. The molecule has 0 aromatic heterocycles. The Hall–Kier alpha value is -2.94. The minimum absolute atomic E-state index is 0.134. The molecule has 9 heteroatoms. The molecule has 1 amide bonds. The smallest absolute Gasteiger partial charge is 0.240 e. The Bertz CT molecular complexity index is 1040. The highest BCUT2D eigenvalue weighted by molar-refractivity contribution is 7.92. The van der Waals surface area contributed by atoms with Gasteiger partial charge in [-0.3, -0.25) is 9.10 Å². The Kier molecular flexibility index (Phi) is 7.27. The largest absolute Gasteiger partial charge is 0.492 e. The molecule has 0 bridgehead atoms. The average Bonchev–Trinajstić information content (AvgIpc) is 2.77. The van der Waals surface area contributed by atoms with Crippen LogP contribution < -0.4 is 23.8 Å². The van der Waals surface area contributed by atoms with Gasteiger partial charge in [-0.1, -0.05) is 6.07 Å². The van der Waals surface area contributed by atoms with Crippen LogP contribution in [0.25, 0.3) is 0 Å². The van der Waals surface area contributed by atoms with Gasteiger partial charge in [-0.15, -0.1) is 0 Å². The molecule has 8 nitrogen and oxygen atoms in total. The van der Waals surface area contributed by atoms with E-state index in [0.29, 0.717) is 30.4 Å². The van der Waals surface area contributed by atoms with E-state index in [2.05, 4.69) is 5.32 Å². The van der Waals surface area contributed by atoms with E-state index in [1.807, 2.05) is 32.0 Å². The fourth-order valence-electron chi connectivity index (χ4n) is 3.04. The van der Waals surface area contributed by atoms with Crippen LogP contribution in [0.4, 0.5) is 5.69 Å². The van der Waals surface area contributed by atoms with Gasteiger partial charge in [0.1, 0.15) is 32.1 Å². The van der Waals surface area contributed by atoms with Crippen molar-refractivity contribution in [3.05, 3.63) is 47.5 Å². The van der Waals surface area contributed by atoms with E-state index in [0.717, 1.165) is 15.6 Å². The zero-order chi connectivity index (χ0) is 22.4. The number of amides is 1. The Morgan fingerprint density at radius 3 is 2.52 bits per heavy atom. The summed E-state index contributed by atoms with van der Waals surface area (Å²) in [4.78, 5) is 12.5. The molecule has 0 fully saturated rings. The van der Waals surface area contributed by atoms with Crippen molar-refractivity contribution in [3.63, 3.8) is 0 Å². The Morgan fingerprint density at radius 1 is 1.06 bits per heavy atom. The molecule has 0 saturated carbocycles. The quantitative estimate of drug-likeness (QED) is 0.592. The Balaban J connectivity index is 1.60. The van der Waals surface area contributed by atoms with Crippen LogP contribution in [0.3, 0.4) is 0 Å². The van der Waals surface area contributed by atoms with Gasteiger partial charge in [0.25, 0.3) is 0 Å². The van der Waals surface area contributed by atoms with Gasteiger partial charge in [-0.05, 0) is 56.2 Å². The van der Waals surface area contributed by atoms with E-state index in [1.54, 1.807) is 18.2 Å². The molecule has 0 radical (unpaired) electrons. The maximum absolute atomic E-state index is 12.6. The monoisotopic (exact) mass is 448 g/mol. The lowest BCUT2D eigenvalue weighted by Gasteiger charge is -2.25. The second-order valence-electron chi connectivity index (χ2n) is 7.18. The van der Waals surface area contributed by atoms with Gasteiger partial charge >= 0.3 is 0 Å². The molecule has 0 spiro atoms. The zero-order valence-corrected chi connectivity index (χ0v) is 18.8. The molecular weight excluding hydrogens is 420 g/mol. The lowest BCUT2D eigenvalue weighted by molar-refractivity contribution is -0.119. The van der Waals surface area contributed by atoms with Crippen LogP contribution in [0.1, 0.15) is 18.1 Å². The Labute approximate surface area is 183 Å². The van der Waals surface area contributed by atoms with Crippen LogP contribution >= 0.6 is 0 Å². The molecule has 0 unspecified atom stereocenters. The molecular formula is C22H28N2O6S. The zero-order valence-electron chi connectivity index (χ0n) is 18.0. The Morgan fingerprint density at radius 2 is 1.81 bits per heavy atom. The van der Waals surface area contributed by atoms with Gasteiger partial charge in [0.05, 0.1) is 18.0 Å². The first-order valence-electron chi connectivity index (χ1n) is 10.2. The van der Waals surface area contributed by atoms with Crippen LogP contribution in [-0.2, 0) is 14.8 Å². The third-order valence-corrected chi connectivity index (χ3v) is 6.71. The average molecular weight is 449 g/mol. The first-order chi connectivity index (χ1) is 14.8. The van der Waals surface area contributed by atoms with Crippen LogP contribution in [0.15, 0.2) is 36.4 Å². The number of aryl methyl sites for hydroxylation is 2. The number of hydrogen-bond acceptors (Lipinski definition) is 6. The highest BCUT2D eigenvalue weighted by Crippen LogP contribution is 2.34. The van der Waals surface area contributed by atoms with Crippen LogP contribution in [0.5, 0.6) is 17.2 Å². The number of nitrogens with zero attached hydrogens (tertiary/aromatic N) is 1. The summed E-state index contributed by atoms with van der Waals surface area (Å²) in [5, 5.41) is 2.71. The molecule has 1 N–H and O–H groups in total. The molecule has 1 aliphatic heterocycles. The minimum atomic E-state index is -3.67. The van der Waals surface area contributed by atoms with E-state index < -0.39 is 15.9 Å². The van der Waals surface area contributed by atoms with Crippen molar-refractivity contribution in [2.24, 2.45) is 0 Å². The van der Waals surface area contributed by atoms with Gasteiger partial charge in [0.2, 0.25) is 15.9 Å². The standard InChI is InChI=1S/C22H28N2O6S/c1-4-31(26,27)24(18-6-8-20-21(14-18)30-12-11-29-20)15-22(25)23-9-10-28-19-7-5-16(2)17(3)13-19/h5-8,13-14H,4,9-12,15H2,1-3H3,(H,23,25). The third kappa shape index (κ3) is 5.81. The number of ether oxygens (including phenoxy) is 3. The number of hydrogen-bond donors (Lipinski definition) is 1. The van der Waals surface area contributed by atoms with E-state index in [1.165, 1.54) is 12.5 Å². The second-order valence-corrected chi connectivity index (χ2v) is 9.36. The molecule has 0 atom stereocenters. The highest BCUT2D eigenvalue weighted by atomic mass is 32.2. The summed E-state index contributed by atoms with van der Waals surface area (Å²) < 4.78 is 43.0. The van der Waals surface area contributed by atoms with Crippen LogP contribution in [-0.4, -0.2) is 53.0 Å². The lowest BCUT2D eigenvalue weighted by atomic mass is 10.1. The predicted octanol–water partition coefficient (Wildman–Crippen LogP) is 2.43. The van der Waals surface area contributed by atoms with Gasteiger partial charge in [-0.2, -0.15) is 0 Å². The van der Waals surface area contributed by atoms with Gasteiger partial charge in [0.15, 0.2) is 11.5 Å². The first kappa shape index (κ1) is 22.7. The minimum Gasteiger partial charge on any atom is -0.492 e. The highest BCUT2D eigenvalue weighted by Gasteiger charge is 2.25. The summed E-state index contributed by atoms with van der Waals surface area (Å²) in [6.07, 6.45) is 0. The molecule has 168 valence electrons. The van der Waals surface area contributed by atoms with E-state index in [4.69, 9.17) is 14.2 Å². The maximum atomic E-state index is 12.6. The SMILES string of the molecule is CCS(=O)(=O)N(CC(=O)NCCOc1ccc(C)c(C)c1)c1ccc2c(c1)OCCO2. The van der Waals surface area contributed by atoms with Crippen molar-refractivity contribution in [1.82, 2.24) is 5.32 Å². The van der Waals surface area contributed by atoms with Gasteiger partial charge < -0.3 is 19.5 Å². The van der Waals surface area contributed by atoms with Gasteiger partial charge in [0, 0.05) is 6.07 Å². The normalized spacial score (nSPS) is 12.9. The molecule has 0 aliphatic carbocycles. The number of carbonyl (C=O) groups is 1. The van der Waals surface area contributed by atoms with Crippen molar-refractivity contribution in [2.45, 2.75) is 20.8 Å². The van der Waals surface area contributed by atoms with E-state index in [-0.39, 0.29) is 25.4 Å². The number of sulfonamides is 1. The first-order valence-corrected chi connectivity index (χ1v) is 11.8. The van der Waals surface area contributed by atoms with Crippen LogP contribution in [0.2, 0.25) is 0 Å². The fraction of sp³-hybridized carbons (Fsp3) is 0.409. The van der Waals surface area contributed by atoms with E-state index in [9.17, 15) is 13.2 Å². The maximum Gasteiger partial charge on any atom is 0.240 e. The van der Waals surface area contributed by atoms with Crippen molar-refractivity contribution in [1.29, 1.82) is 0 Å². The van der Waals surface area contributed by atoms with E-state index >= 15 is 0 Å². The summed E-state index contributed by atoms with van der Waals surface area (Å²) >= 11 is 0. The van der Waals surface area contributed by atoms with Crippen molar-refractivity contribution in [2.75, 3.05) is 43.0 Å². The van der Waals surface area contributed by atoms with Crippen molar-refractivity contribution >= 4 is 21.6 Å². The van der Waals surface area contributed by atoms with Gasteiger partial charge in [-0.25, -0.2) is 8.42 Å². The molecule has 1 aliphatic rings. The fourth-order valence-corrected chi connectivity index (χ4v) is 4.10. The number of anilines is 1. The molecule has 31 heavy (non-hydrogen) atoms. The molecule has 0 saturated heterocycles. The lowest BCUT2D eigenvalue weighted by Crippen LogP contribution is -2.42. The molecule has 3 rings (SSSR count). The number of fused-ring (bicyclic) bond motifs is 1. The van der Waals surface area contributed by atoms with Crippen molar-refractivity contribution < 1.29 is 27.4 Å². The molecule has 2 aromatic rings. The summed E-state index contributed by atoms with van der Waals surface area (Å²) in [6.45, 7) is 6.59. The summed E-state index contributed by atoms with van der Waals surface area (Å²) in [7, 11) is -3.67. The molecule has 2 aromatic carbocycles. The number of rotatable bonds is 9. The predicted molar refractivity (Wildman–Crippen MR) is 119 cm³/mol.